The predicted molar refractivity (Wildman–Crippen MR) is 95.6 cm³/mol. The van der Waals surface area contributed by atoms with Gasteiger partial charge in [-0.1, -0.05) is 34.8 Å². The Hall–Kier alpha value is -2.10. The lowest BCUT2D eigenvalue weighted by Gasteiger charge is -2.11. The molecule has 3 rings (SSSR count). The van der Waals surface area contributed by atoms with Crippen LogP contribution in [0.25, 0.3) is 10.9 Å². The highest BCUT2D eigenvalue weighted by Gasteiger charge is 2.14. The Kier molecular flexibility index (Phi) is 4.24. The molecule has 0 fully saturated rings. The van der Waals surface area contributed by atoms with E-state index in [4.69, 9.17) is 23.2 Å². The summed E-state index contributed by atoms with van der Waals surface area (Å²) in [5, 5.41) is 4.58. The second kappa shape index (κ2) is 6.19. The summed E-state index contributed by atoms with van der Waals surface area (Å²) in [5.41, 5.74) is 3.75. The van der Waals surface area contributed by atoms with Crippen molar-refractivity contribution in [1.29, 1.82) is 0 Å². The Morgan fingerprint density at radius 1 is 1.04 bits per heavy atom. The summed E-state index contributed by atoms with van der Waals surface area (Å²) in [6.07, 6.45) is 0. The number of fused-ring (bicyclic) bond motifs is 1. The van der Waals surface area contributed by atoms with Crippen molar-refractivity contribution in [2.24, 2.45) is 0 Å². The smallest absolute Gasteiger partial charge is 0.256 e. The van der Waals surface area contributed by atoms with Gasteiger partial charge >= 0.3 is 0 Å². The fourth-order valence-electron chi connectivity index (χ4n) is 2.44. The largest absolute Gasteiger partial charge is 0.321 e. The molecule has 1 heterocycles. The molecule has 116 valence electrons. The molecule has 0 radical (unpaired) electrons. The van der Waals surface area contributed by atoms with E-state index < -0.39 is 0 Å². The van der Waals surface area contributed by atoms with Gasteiger partial charge in [0.1, 0.15) is 0 Å². The fourth-order valence-corrected chi connectivity index (χ4v) is 2.90. The van der Waals surface area contributed by atoms with Crippen LogP contribution in [0, 0.1) is 13.8 Å². The van der Waals surface area contributed by atoms with Crippen LogP contribution in [-0.2, 0) is 0 Å². The zero-order valence-corrected chi connectivity index (χ0v) is 14.2. The Morgan fingerprint density at radius 3 is 2.57 bits per heavy atom. The van der Waals surface area contributed by atoms with Crippen LogP contribution in [0.5, 0.6) is 0 Å². The van der Waals surface area contributed by atoms with Crippen molar-refractivity contribution in [2.45, 2.75) is 13.8 Å². The molecule has 0 saturated heterocycles. The van der Waals surface area contributed by atoms with Crippen LogP contribution < -0.4 is 5.32 Å². The van der Waals surface area contributed by atoms with Crippen LogP contribution in [0.1, 0.15) is 21.6 Å². The number of carbonyl (C=O) groups is 1. The molecule has 5 heteroatoms. The third-order valence-corrected chi connectivity index (χ3v) is 4.06. The van der Waals surface area contributed by atoms with Gasteiger partial charge in [-0.3, -0.25) is 9.78 Å². The molecule has 0 aliphatic heterocycles. The number of carbonyl (C=O) groups excluding carboxylic acids is 1. The van der Waals surface area contributed by atoms with Gasteiger partial charge in [-0.25, -0.2) is 0 Å². The zero-order chi connectivity index (χ0) is 16.6. The van der Waals surface area contributed by atoms with E-state index in [2.05, 4.69) is 10.3 Å². The van der Waals surface area contributed by atoms with Crippen molar-refractivity contribution in [1.82, 2.24) is 4.98 Å². The first-order valence-corrected chi connectivity index (χ1v) is 7.84. The average molecular weight is 345 g/mol. The number of nitrogens with one attached hydrogen (secondary N) is 1. The van der Waals surface area contributed by atoms with Crippen molar-refractivity contribution >= 4 is 45.7 Å². The third kappa shape index (κ3) is 3.31. The van der Waals surface area contributed by atoms with Crippen LogP contribution in [0.3, 0.4) is 0 Å². The molecule has 0 bridgehead atoms. The third-order valence-electron chi connectivity index (χ3n) is 3.52. The number of halogens is 2. The van der Waals surface area contributed by atoms with Gasteiger partial charge < -0.3 is 5.32 Å². The van der Waals surface area contributed by atoms with E-state index in [0.29, 0.717) is 21.3 Å². The number of benzene rings is 2. The van der Waals surface area contributed by atoms with Crippen molar-refractivity contribution in [3.63, 3.8) is 0 Å². The van der Waals surface area contributed by atoms with Gasteiger partial charge in [-0.05, 0) is 50.2 Å². The minimum Gasteiger partial charge on any atom is -0.321 e. The van der Waals surface area contributed by atoms with E-state index in [1.165, 1.54) is 0 Å². The second-order valence-corrected chi connectivity index (χ2v) is 6.25. The number of nitrogens with zero attached hydrogens (tertiary/aromatic N) is 1. The Morgan fingerprint density at radius 2 is 1.83 bits per heavy atom. The topological polar surface area (TPSA) is 42.0 Å². The maximum atomic E-state index is 12.7. The molecular formula is C18H14Cl2N2O. The molecule has 0 spiro atoms. The molecule has 0 atom stereocenters. The van der Waals surface area contributed by atoms with E-state index in [9.17, 15) is 4.79 Å². The van der Waals surface area contributed by atoms with Crippen molar-refractivity contribution < 1.29 is 4.79 Å². The fraction of sp³-hybridized carbons (Fsp3) is 0.111. The average Bonchev–Trinajstić information content (AvgIpc) is 2.49. The molecule has 3 nitrogen and oxygen atoms in total. The minimum atomic E-state index is -0.227. The summed E-state index contributed by atoms with van der Waals surface area (Å²) in [6.45, 7) is 3.85. The first kappa shape index (κ1) is 15.8. The summed E-state index contributed by atoms with van der Waals surface area (Å²) >= 11 is 12.0. The SMILES string of the molecule is Cc1ccc2nc(C)cc(C(=O)Nc3ccc(Cl)cc3Cl)c2c1. The molecule has 2 aromatic carbocycles. The van der Waals surface area contributed by atoms with E-state index in [1.807, 2.05) is 32.0 Å². The normalized spacial score (nSPS) is 10.8. The standard InChI is InChI=1S/C18H14Cl2N2O/c1-10-3-5-16-13(7-10)14(8-11(2)21-16)18(23)22-17-6-4-12(19)9-15(17)20/h3-9H,1-2H3,(H,22,23). The molecule has 0 saturated carbocycles. The predicted octanol–water partition coefficient (Wildman–Crippen LogP) is 5.41. The van der Waals surface area contributed by atoms with E-state index in [-0.39, 0.29) is 5.91 Å². The molecular weight excluding hydrogens is 331 g/mol. The van der Waals surface area contributed by atoms with Gasteiger partial charge in [0.2, 0.25) is 0 Å². The Bertz CT molecular complexity index is 922. The molecule has 1 aromatic heterocycles. The van der Waals surface area contributed by atoms with Gasteiger partial charge in [0.15, 0.2) is 0 Å². The summed E-state index contributed by atoms with van der Waals surface area (Å²) < 4.78 is 0. The number of amides is 1. The summed E-state index contributed by atoms with van der Waals surface area (Å²) in [6, 6.07) is 12.6. The summed E-state index contributed by atoms with van der Waals surface area (Å²) in [7, 11) is 0. The Balaban J connectivity index is 2.05. The lowest BCUT2D eigenvalue weighted by Crippen LogP contribution is -2.13. The van der Waals surface area contributed by atoms with Crippen LogP contribution in [0.2, 0.25) is 10.0 Å². The number of anilines is 1. The van der Waals surface area contributed by atoms with Gasteiger partial charge in [0.05, 0.1) is 21.8 Å². The molecule has 1 amide bonds. The summed E-state index contributed by atoms with van der Waals surface area (Å²) in [4.78, 5) is 17.2. The molecule has 0 unspecified atom stereocenters. The minimum absolute atomic E-state index is 0.227. The van der Waals surface area contributed by atoms with Gasteiger partial charge in [0.25, 0.3) is 5.91 Å². The molecule has 23 heavy (non-hydrogen) atoms. The van der Waals surface area contributed by atoms with Gasteiger partial charge in [-0.2, -0.15) is 0 Å². The van der Waals surface area contributed by atoms with Crippen molar-refractivity contribution in [3.8, 4) is 0 Å². The van der Waals surface area contributed by atoms with Gasteiger partial charge in [-0.15, -0.1) is 0 Å². The highest BCUT2D eigenvalue weighted by molar-refractivity contribution is 6.37. The highest BCUT2D eigenvalue weighted by atomic mass is 35.5. The molecule has 0 aliphatic carbocycles. The van der Waals surface area contributed by atoms with E-state index in [0.717, 1.165) is 22.2 Å². The molecule has 0 aliphatic rings. The van der Waals surface area contributed by atoms with E-state index >= 15 is 0 Å². The van der Waals surface area contributed by atoms with Gasteiger partial charge in [0, 0.05) is 16.1 Å². The first-order chi connectivity index (χ1) is 10.9. The monoisotopic (exact) mass is 344 g/mol. The number of pyridine rings is 1. The van der Waals surface area contributed by atoms with Crippen LogP contribution in [0.4, 0.5) is 5.69 Å². The van der Waals surface area contributed by atoms with Crippen molar-refractivity contribution in [2.75, 3.05) is 5.32 Å². The maximum absolute atomic E-state index is 12.7. The quantitative estimate of drug-likeness (QED) is 0.675. The number of hydrogen-bond acceptors (Lipinski definition) is 2. The summed E-state index contributed by atoms with van der Waals surface area (Å²) in [5.74, 6) is -0.227. The number of aryl methyl sites for hydroxylation is 2. The van der Waals surface area contributed by atoms with Crippen LogP contribution in [0.15, 0.2) is 42.5 Å². The first-order valence-electron chi connectivity index (χ1n) is 7.08. The van der Waals surface area contributed by atoms with Crippen molar-refractivity contribution in [3.05, 3.63) is 69.3 Å². The molecule has 3 aromatic rings. The maximum Gasteiger partial charge on any atom is 0.256 e. The second-order valence-electron chi connectivity index (χ2n) is 5.41. The molecule has 1 N–H and O–H groups in total. The Labute approximate surface area is 144 Å². The van der Waals surface area contributed by atoms with Crippen LogP contribution in [-0.4, -0.2) is 10.9 Å². The highest BCUT2D eigenvalue weighted by Crippen LogP contribution is 2.27. The van der Waals surface area contributed by atoms with Crippen LogP contribution >= 0.6 is 23.2 Å². The lowest BCUT2D eigenvalue weighted by molar-refractivity contribution is 0.102. The number of aromatic nitrogens is 1. The number of hydrogen-bond donors (Lipinski definition) is 1. The number of rotatable bonds is 2. The zero-order valence-electron chi connectivity index (χ0n) is 12.7. The lowest BCUT2D eigenvalue weighted by atomic mass is 10.0. The van der Waals surface area contributed by atoms with E-state index in [1.54, 1.807) is 24.3 Å².